The van der Waals surface area contributed by atoms with Gasteiger partial charge in [-0.1, -0.05) is 30.3 Å². The second-order valence-corrected chi connectivity index (χ2v) is 6.22. The first-order valence-corrected chi connectivity index (χ1v) is 8.47. The molecule has 0 fully saturated rings. The molecule has 0 radical (unpaired) electrons. The van der Waals surface area contributed by atoms with E-state index in [-0.39, 0.29) is 17.5 Å². The van der Waals surface area contributed by atoms with E-state index >= 15 is 0 Å². The number of aryl methyl sites for hydroxylation is 3. The molecule has 0 saturated carbocycles. The third-order valence-electron chi connectivity index (χ3n) is 4.10. The molecule has 1 aromatic heterocycles. The number of aromatic nitrogens is 2. The predicted molar refractivity (Wildman–Crippen MR) is 105 cm³/mol. The summed E-state index contributed by atoms with van der Waals surface area (Å²) in [6.07, 6.45) is 0. The van der Waals surface area contributed by atoms with E-state index in [2.05, 4.69) is 26.7 Å². The number of para-hydroxylation sites is 2. The average molecular weight is 357 g/mol. The fourth-order valence-electron chi connectivity index (χ4n) is 2.74. The summed E-state index contributed by atoms with van der Waals surface area (Å²) in [6, 6.07) is 16.6. The average Bonchev–Trinajstić information content (AvgIpc) is 2.64. The molecule has 0 aliphatic carbocycles. The number of nitriles is 1. The Morgan fingerprint density at radius 3 is 2.41 bits per heavy atom. The number of hydrogen-bond acceptors (Lipinski definition) is 5. The molecule has 6 nitrogen and oxygen atoms in total. The maximum absolute atomic E-state index is 12.7. The molecule has 3 rings (SSSR count). The van der Waals surface area contributed by atoms with Crippen molar-refractivity contribution in [3.8, 4) is 6.07 Å². The molecule has 0 unspecified atom stereocenters. The monoisotopic (exact) mass is 357 g/mol. The number of carbonyl (C=O) groups excluding carboxylic acids is 1. The molecule has 0 aliphatic heterocycles. The second-order valence-electron chi connectivity index (χ2n) is 6.22. The molecule has 0 aliphatic rings. The van der Waals surface area contributed by atoms with Gasteiger partial charge < -0.3 is 10.6 Å². The first-order chi connectivity index (χ1) is 13.0. The summed E-state index contributed by atoms with van der Waals surface area (Å²) in [7, 11) is 0. The molecule has 2 N–H and O–H groups in total. The van der Waals surface area contributed by atoms with Crippen molar-refractivity contribution in [2.24, 2.45) is 0 Å². The van der Waals surface area contributed by atoms with Crippen molar-refractivity contribution in [3.63, 3.8) is 0 Å². The molecule has 0 atom stereocenters. The zero-order chi connectivity index (χ0) is 19.4. The van der Waals surface area contributed by atoms with Crippen LogP contribution in [-0.4, -0.2) is 15.9 Å². The van der Waals surface area contributed by atoms with Crippen LogP contribution in [-0.2, 0) is 0 Å². The summed E-state index contributed by atoms with van der Waals surface area (Å²) in [5.74, 6) is -0.0427. The Bertz CT molecular complexity index is 1030. The number of nitrogens with zero attached hydrogens (tertiary/aromatic N) is 3. The number of rotatable bonds is 4. The standard InChI is InChI=1S/C21H19N5O/c1-13-7-6-8-14(2)19(13)26-20(27)18-11-15(3)23-21(25-18)24-17-10-5-4-9-16(17)12-22/h4-11H,1-3H3,(H,26,27)(H,23,24,25). The van der Waals surface area contributed by atoms with Crippen LogP contribution in [0.5, 0.6) is 0 Å². The smallest absolute Gasteiger partial charge is 0.274 e. The lowest BCUT2D eigenvalue weighted by Gasteiger charge is -2.12. The summed E-state index contributed by atoms with van der Waals surface area (Å²) in [5, 5.41) is 15.2. The van der Waals surface area contributed by atoms with Gasteiger partial charge in [-0.15, -0.1) is 0 Å². The van der Waals surface area contributed by atoms with E-state index in [9.17, 15) is 10.1 Å². The second kappa shape index (κ2) is 7.67. The van der Waals surface area contributed by atoms with E-state index in [0.717, 1.165) is 16.8 Å². The normalized spacial score (nSPS) is 10.1. The Hall–Kier alpha value is -3.72. The fraction of sp³-hybridized carbons (Fsp3) is 0.143. The Morgan fingerprint density at radius 2 is 1.70 bits per heavy atom. The molecular weight excluding hydrogens is 338 g/mol. The van der Waals surface area contributed by atoms with E-state index < -0.39 is 0 Å². The molecule has 0 bridgehead atoms. The molecule has 1 amide bonds. The maximum Gasteiger partial charge on any atom is 0.274 e. The predicted octanol–water partition coefficient (Wildman–Crippen LogP) is 4.27. The van der Waals surface area contributed by atoms with E-state index in [1.807, 2.05) is 38.1 Å². The zero-order valence-corrected chi connectivity index (χ0v) is 15.4. The summed E-state index contributed by atoms with van der Waals surface area (Å²) in [6.45, 7) is 5.68. The highest BCUT2D eigenvalue weighted by molar-refractivity contribution is 6.04. The first kappa shape index (κ1) is 18.1. The van der Waals surface area contributed by atoms with Crippen molar-refractivity contribution in [2.75, 3.05) is 10.6 Å². The van der Waals surface area contributed by atoms with Gasteiger partial charge in [0.2, 0.25) is 5.95 Å². The Kier molecular flexibility index (Phi) is 5.13. The van der Waals surface area contributed by atoms with Crippen molar-refractivity contribution in [1.29, 1.82) is 5.26 Å². The lowest BCUT2D eigenvalue weighted by atomic mass is 10.1. The number of nitrogens with one attached hydrogen (secondary N) is 2. The lowest BCUT2D eigenvalue weighted by molar-refractivity contribution is 0.102. The number of benzene rings is 2. The molecule has 2 aromatic carbocycles. The number of carbonyl (C=O) groups is 1. The lowest BCUT2D eigenvalue weighted by Crippen LogP contribution is -2.17. The van der Waals surface area contributed by atoms with Crippen molar-refractivity contribution in [3.05, 3.63) is 76.6 Å². The minimum absolute atomic E-state index is 0.252. The van der Waals surface area contributed by atoms with Gasteiger partial charge >= 0.3 is 0 Å². The van der Waals surface area contributed by atoms with Gasteiger partial charge in [0.15, 0.2) is 0 Å². The van der Waals surface area contributed by atoms with Gasteiger partial charge in [-0.3, -0.25) is 4.79 Å². The Balaban J connectivity index is 1.89. The van der Waals surface area contributed by atoms with Crippen molar-refractivity contribution in [1.82, 2.24) is 9.97 Å². The topological polar surface area (TPSA) is 90.7 Å². The maximum atomic E-state index is 12.7. The van der Waals surface area contributed by atoms with E-state index in [4.69, 9.17) is 0 Å². The Morgan fingerprint density at radius 1 is 1.00 bits per heavy atom. The SMILES string of the molecule is Cc1cc(C(=O)Nc2c(C)cccc2C)nc(Nc2ccccc2C#N)n1. The van der Waals surface area contributed by atoms with Crippen LogP contribution in [0.1, 0.15) is 32.9 Å². The van der Waals surface area contributed by atoms with Crippen molar-refractivity contribution < 1.29 is 4.79 Å². The molecule has 27 heavy (non-hydrogen) atoms. The van der Waals surface area contributed by atoms with Gasteiger partial charge in [-0.25, -0.2) is 9.97 Å². The van der Waals surface area contributed by atoms with Crippen LogP contribution in [0, 0.1) is 32.1 Å². The van der Waals surface area contributed by atoms with E-state index in [1.165, 1.54) is 0 Å². The molecule has 1 heterocycles. The van der Waals surface area contributed by atoms with Crippen molar-refractivity contribution >= 4 is 23.2 Å². The van der Waals surface area contributed by atoms with Crippen LogP contribution >= 0.6 is 0 Å². The van der Waals surface area contributed by atoms with Gasteiger partial charge in [0.1, 0.15) is 11.8 Å². The van der Waals surface area contributed by atoms with Crippen LogP contribution in [0.3, 0.4) is 0 Å². The molecule has 0 saturated heterocycles. The minimum atomic E-state index is -0.311. The van der Waals surface area contributed by atoms with E-state index in [0.29, 0.717) is 16.9 Å². The molecular formula is C21H19N5O. The summed E-state index contributed by atoms with van der Waals surface area (Å²) >= 11 is 0. The fourth-order valence-corrected chi connectivity index (χ4v) is 2.74. The highest BCUT2D eigenvalue weighted by atomic mass is 16.1. The first-order valence-electron chi connectivity index (χ1n) is 8.47. The molecule has 6 heteroatoms. The zero-order valence-electron chi connectivity index (χ0n) is 15.4. The van der Waals surface area contributed by atoms with Gasteiger partial charge in [0, 0.05) is 11.4 Å². The van der Waals surface area contributed by atoms with Gasteiger partial charge in [-0.2, -0.15) is 5.26 Å². The van der Waals surface area contributed by atoms with E-state index in [1.54, 1.807) is 31.2 Å². The van der Waals surface area contributed by atoms with Gasteiger partial charge in [0.25, 0.3) is 5.91 Å². The van der Waals surface area contributed by atoms with Crippen molar-refractivity contribution in [2.45, 2.75) is 20.8 Å². The third-order valence-corrected chi connectivity index (χ3v) is 4.10. The van der Waals surface area contributed by atoms with Gasteiger partial charge in [-0.05, 0) is 50.1 Å². The van der Waals surface area contributed by atoms with Crippen LogP contribution < -0.4 is 10.6 Å². The highest BCUT2D eigenvalue weighted by Crippen LogP contribution is 2.21. The largest absolute Gasteiger partial charge is 0.323 e. The minimum Gasteiger partial charge on any atom is -0.323 e. The summed E-state index contributed by atoms with van der Waals surface area (Å²) in [5.41, 5.74) is 4.71. The molecule has 3 aromatic rings. The summed E-state index contributed by atoms with van der Waals surface area (Å²) < 4.78 is 0. The number of anilines is 3. The molecule has 134 valence electrons. The number of amides is 1. The van der Waals surface area contributed by atoms with Crippen LogP contribution in [0.4, 0.5) is 17.3 Å². The van der Waals surface area contributed by atoms with Crippen LogP contribution in [0.25, 0.3) is 0 Å². The quantitative estimate of drug-likeness (QED) is 0.728. The molecule has 0 spiro atoms. The van der Waals surface area contributed by atoms with Crippen LogP contribution in [0.15, 0.2) is 48.5 Å². The highest BCUT2D eigenvalue weighted by Gasteiger charge is 2.14. The summed E-state index contributed by atoms with van der Waals surface area (Å²) in [4.78, 5) is 21.4. The third kappa shape index (κ3) is 4.10. The Labute approximate surface area is 157 Å². The number of hydrogen-bond donors (Lipinski definition) is 2. The van der Waals surface area contributed by atoms with Gasteiger partial charge in [0.05, 0.1) is 11.3 Å². The van der Waals surface area contributed by atoms with Crippen LogP contribution in [0.2, 0.25) is 0 Å².